The van der Waals surface area contributed by atoms with Crippen LogP contribution in [0, 0.1) is 0 Å². The van der Waals surface area contributed by atoms with Gasteiger partial charge in [-0.3, -0.25) is 0 Å². The summed E-state index contributed by atoms with van der Waals surface area (Å²) in [7, 11) is 3.26. The van der Waals surface area contributed by atoms with Crippen LogP contribution in [-0.2, 0) is 9.47 Å². The SMILES string of the molecule is COC1=C(OC)C2c3ccccc3C1c1c(Cl)c(Cl)c(Cl)c(Cl)c12. The molecule has 0 saturated heterocycles. The van der Waals surface area contributed by atoms with Crippen LogP contribution in [-0.4, -0.2) is 14.2 Å². The van der Waals surface area contributed by atoms with E-state index in [4.69, 9.17) is 55.9 Å². The van der Waals surface area contributed by atoms with E-state index < -0.39 is 0 Å². The fourth-order valence-corrected chi connectivity index (χ4v) is 4.94. The van der Waals surface area contributed by atoms with Gasteiger partial charge in [-0.25, -0.2) is 0 Å². The van der Waals surface area contributed by atoms with E-state index in [1.165, 1.54) is 0 Å². The second-order valence-corrected chi connectivity index (χ2v) is 7.23. The molecule has 0 aliphatic heterocycles. The summed E-state index contributed by atoms with van der Waals surface area (Å²) >= 11 is 25.8. The molecular formula is C18H12Cl4O2. The maximum atomic E-state index is 6.57. The van der Waals surface area contributed by atoms with E-state index in [-0.39, 0.29) is 21.9 Å². The maximum absolute atomic E-state index is 6.57. The maximum Gasteiger partial charge on any atom is 0.146 e. The third kappa shape index (κ3) is 1.91. The number of allylic oxidation sites excluding steroid dienone is 2. The predicted molar refractivity (Wildman–Crippen MR) is 97.7 cm³/mol. The number of halogens is 4. The molecule has 2 atom stereocenters. The first kappa shape index (κ1) is 16.4. The lowest BCUT2D eigenvalue weighted by molar-refractivity contribution is 0.186. The van der Waals surface area contributed by atoms with Gasteiger partial charge in [-0.2, -0.15) is 0 Å². The highest BCUT2D eigenvalue weighted by Gasteiger charge is 2.48. The Labute approximate surface area is 159 Å². The minimum absolute atomic E-state index is 0.221. The average molecular weight is 402 g/mol. The van der Waals surface area contributed by atoms with Gasteiger partial charge in [0.05, 0.1) is 46.1 Å². The van der Waals surface area contributed by atoms with Crippen LogP contribution < -0.4 is 0 Å². The summed E-state index contributed by atoms with van der Waals surface area (Å²) in [6.45, 7) is 0. The molecule has 0 aromatic heterocycles. The molecule has 2 nitrogen and oxygen atoms in total. The van der Waals surface area contributed by atoms with Gasteiger partial charge in [0.2, 0.25) is 0 Å². The predicted octanol–water partition coefficient (Wildman–Crippen LogP) is 6.40. The molecule has 2 aromatic rings. The normalized spacial score (nSPS) is 20.8. The Morgan fingerprint density at radius 2 is 1.04 bits per heavy atom. The standard InChI is InChI=1S/C18H12Cl4O2/c1-23-17-9-7-5-3-4-6-8(7)10(18(17)24-2)12-11(9)13(19)15(21)16(22)14(12)20/h3-6,9-10H,1-2H3. The molecule has 24 heavy (non-hydrogen) atoms. The number of hydrogen-bond acceptors (Lipinski definition) is 2. The van der Waals surface area contributed by atoms with Crippen LogP contribution in [0.1, 0.15) is 34.1 Å². The van der Waals surface area contributed by atoms with E-state index >= 15 is 0 Å². The number of ether oxygens (including phenoxy) is 2. The highest BCUT2D eigenvalue weighted by Crippen LogP contribution is 2.61. The molecule has 0 radical (unpaired) electrons. The van der Waals surface area contributed by atoms with E-state index in [9.17, 15) is 0 Å². The Morgan fingerprint density at radius 1 is 0.667 bits per heavy atom. The van der Waals surface area contributed by atoms with Gasteiger partial charge in [0.15, 0.2) is 0 Å². The van der Waals surface area contributed by atoms with Gasteiger partial charge in [0.25, 0.3) is 0 Å². The first-order valence-electron chi connectivity index (χ1n) is 7.29. The van der Waals surface area contributed by atoms with Crippen LogP contribution in [0.25, 0.3) is 0 Å². The number of benzene rings is 2. The van der Waals surface area contributed by atoms with Gasteiger partial charge in [-0.05, 0) is 22.3 Å². The van der Waals surface area contributed by atoms with E-state index in [0.29, 0.717) is 10.0 Å². The second kappa shape index (κ2) is 5.74. The lowest BCUT2D eigenvalue weighted by Crippen LogP contribution is -2.30. The smallest absolute Gasteiger partial charge is 0.146 e. The van der Waals surface area contributed by atoms with Crippen LogP contribution in [0.5, 0.6) is 0 Å². The molecule has 5 rings (SSSR count). The topological polar surface area (TPSA) is 18.5 Å². The van der Waals surface area contributed by atoms with Crippen molar-refractivity contribution in [2.75, 3.05) is 14.2 Å². The zero-order valence-corrected chi connectivity index (χ0v) is 15.8. The van der Waals surface area contributed by atoms with Crippen molar-refractivity contribution in [1.29, 1.82) is 0 Å². The molecule has 0 spiro atoms. The van der Waals surface area contributed by atoms with Crippen molar-refractivity contribution in [1.82, 2.24) is 0 Å². The molecular weight excluding hydrogens is 390 g/mol. The summed E-state index contributed by atoms with van der Waals surface area (Å²) in [5.41, 5.74) is 3.92. The minimum atomic E-state index is -0.221. The van der Waals surface area contributed by atoms with Crippen molar-refractivity contribution in [2.24, 2.45) is 0 Å². The lowest BCUT2D eigenvalue weighted by atomic mass is 9.66. The fourth-order valence-electron chi connectivity index (χ4n) is 3.84. The Morgan fingerprint density at radius 3 is 1.38 bits per heavy atom. The Balaban J connectivity index is 2.16. The summed E-state index contributed by atoms with van der Waals surface area (Å²) in [6.07, 6.45) is 0. The summed E-state index contributed by atoms with van der Waals surface area (Å²) in [6, 6.07) is 8.11. The van der Waals surface area contributed by atoms with Crippen molar-refractivity contribution < 1.29 is 9.47 Å². The molecule has 124 valence electrons. The van der Waals surface area contributed by atoms with Crippen molar-refractivity contribution in [3.05, 3.63) is 78.1 Å². The fraction of sp³-hybridized carbons (Fsp3) is 0.222. The van der Waals surface area contributed by atoms with E-state index in [1.54, 1.807) is 14.2 Å². The van der Waals surface area contributed by atoms with Crippen LogP contribution in [0.2, 0.25) is 20.1 Å². The molecule has 3 aliphatic rings. The highest BCUT2D eigenvalue weighted by molar-refractivity contribution is 6.52. The molecule has 0 heterocycles. The first-order valence-corrected chi connectivity index (χ1v) is 8.80. The van der Waals surface area contributed by atoms with Crippen LogP contribution in [0.4, 0.5) is 0 Å². The largest absolute Gasteiger partial charge is 0.497 e. The van der Waals surface area contributed by atoms with Crippen LogP contribution >= 0.6 is 46.4 Å². The van der Waals surface area contributed by atoms with Gasteiger partial charge in [0, 0.05) is 0 Å². The average Bonchev–Trinajstić information content (AvgIpc) is 2.63. The summed E-state index contributed by atoms with van der Waals surface area (Å²) < 4.78 is 11.4. The highest BCUT2D eigenvalue weighted by atomic mass is 35.5. The minimum Gasteiger partial charge on any atom is -0.497 e. The molecule has 2 bridgehead atoms. The van der Waals surface area contributed by atoms with Gasteiger partial charge < -0.3 is 9.47 Å². The van der Waals surface area contributed by atoms with Gasteiger partial charge in [-0.1, -0.05) is 70.7 Å². The zero-order valence-electron chi connectivity index (χ0n) is 12.8. The van der Waals surface area contributed by atoms with Gasteiger partial charge in [-0.15, -0.1) is 0 Å². The molecule has 0 saturated carbocycles. The lowest BCUT2D eigenvalue weighted by Gasteiger charge is -2.42. The van der Waals surface area contributed by atoms with E-state index in [1.807, 2.05) is 12.1 Å². The first-order chi connectivity index (χ1) is 11.5. The Bertz CT molecular complexity index is 832. The van der Waals surface area contributed by atoms with E-state index in [0.717, 1.165) is 33.8 Å². The van der Waals surface area contributed by atoms with Crippen molar-refractivity contribution in [2.45, 2.75) is 11.8 Å². The summed E-state index contributed by atoms with van der Waals surface area (Å²) in [5, 5.41) is 1.36. The number of methoxy groups -OCH3 is 2. The molecule has 2 aromatic carbocycles. The number of hydrogen-bond donors (Lipinski definition) is 0. The van der Waals surface area contributed by atoms with Crippen molar-refractivity contribution in [3.8, 4) is 0 Å². The third-order valence-corrected chi connectivity index (χ3v) is 6.57. The molecule has 0 amide bonds. The quantitative estimate of drug-likeness (QED) is 0.428. The Hall–Kier alpha value is -1.06. The van der Waals surface area contributed by atoms with Crippen molar-refractivity contribution in [3.63, 3.8) is 0 Å². The molecule has 6 heteroatoms. The zero-order chi connectivity index (χ0) is 17.2. The van der Waals surface area contributed by atoms with Gasteiger partial charge in [0.1, 0.15) is 11.5 Å². The van der Waals surface area contributed by atoms with Crippen LogP contribution in [0.15, 0.2) is 35.8 Å². The molecule has 0 N–H and O–H groups in total. The van der Waals surface area contributed by atoms with Crippen LogP contribution in [0.3, 0.4) is 0 Å². The van der Waals surface area contributed by atoms with Crippen molar-refractivity contribution >= 4 is 46.4 Å². The molecule has 3 aliphatic carbocycles. The monoisotopic (exact) mass is 400 g/mol. The third-order valence-electron chi connectivity index (χ3n) is 4.74. The number of rotatable bonds is 2. The summed E-state index contributed by atoms with van der Waals surface area (Å²) in [5.74, 6) is 1.01. The molecule has 0 fully saturated rings. The summed E-state index contributed by atoms with van der Waals surface area (Å²) in [4.78, 5) is 0. The second-order valence-electron chi connectivity index (χ2n) is 5.71. The van der Waals surface area contributed by atoms with E-state index in [2.05, 4.69) is 12.1 Å². The Kier molecular flexibility index (Phi) is 3.92. The molecule has 2 unspecified atom stereocenters. The van der Waals surface area contributed by atoms with Gasteiger partial charge >= 0.3 is 0 Å².